The number of esters is 1. The number of allylic oxidation sites excluding steroid dienone is 1. The maximum Gasteiger partial charge on any atom is 0.361 e. The number of rotatable bonds is 12. The lowest BCUT2D eigenvalue weighted by atomic mass is 10.0. The van der Waals surface area contributed by atoms with E-state index in [1.54, 1.807) is 0 Å². The van der Waals surface area contributed by atoms with Gasteiger partial charge in [-0.2, -0.15) is 0 Å². The molecule has 0 atom stereocenters. The van der Waals surface area contributed by atoms with Crippen LogP contribution in [0.2, 0.25) is 5.02 Å². The number of benzene rings is 1. The third kappa shape index (κ3) is 8.92. The van der Waals surface area contributed by atoms with Crippen LogP contribution in [0.4, 0.5) is 0 Å². The number of hydrogen-bond acceptors (Lipinski definition) is 2. The molecule has 2 rings (SSSR count). The minimum Gasteiger partial charge on any atom is -0.462 e. The van der Waals surface area contributed by atoms with Crippen molar-refractivity contribution in [3.05, 3.63) is 46.5 Å². The molecule has 1 aliphatic rings. The second-order valence-electron chi connectivity index (χ2n) is 8.64. The first-order valence-corrected chi connectivity index (χ1v) is 11.8. The van der Waals surface area contributed by atoms with Crippen molar-refractivity contribution in [2.45, 2.75) is 71.6 Å². The quantitative estimate of drug-likeness (QED) is 0.170. The molecule has 3 nitrogen and oxygen atoms in total. The summed E-state index contributed by atoms with van der Waals surface area (Å²) in [6, 6.07) is 8.03. The van der Waals surface area contributed by atoms with Crippen LogP contribution in [0.3, 0.4) is 0 Å². The van der Waals surface area contributed by atoms with Crippen LogP contribution in [0.1, 0.15) is 70.8 Å². The van der Waals surface area contributed by atoms with E-state index in [-0.39, 0.29) is 5.97 Å². The zero-order valence-electron chi connectivity index (χ0n) is 18.4. The Hall–Kier alpha value is -1.32. The van der Waals surface area contributed by atoms with Gasteiger partial charge in [0.2, 0.25) is 0 Å². The highest BCUT2D eigenvalue weighted by molar-refractivity contribution is 6.31. The highest BCUT2D eigenvalue weighted by Gasteiger charge is 2.32. The summed E-state index contributed by atoms with van der Waals surface area (Å²) in [5.74, 6) is -0.0282. The van der Waals surface area contributed by atoms with Crippen LogP contribution in [-0.2, 0) is 16.0 Å². The Morgan fingerprint density at radius 3 is 2.55 bits per heavy atom. The van der Waals surface area contributed by atoms with E-state index >= 15 is 0 Å². The van der Waals surface area contributed by atoms with E-state index in [0.717, 1.165) is 54.0 Å². The van der Waals surface area contributed by atoms with Gasteiger partial charge in [-0.25, -0.2) is 4.79 Å². The summed E-state index contributed by atoms with van der Waals surface area (Å²) in [4.78, 5) is 12.5. The molecule has 0 N–H and O–H groups in total. The third-order valence-electron chi connectivity index (χ3n) is 5.99. The summed E-state index contributed by atoms with van der Waals surface area (Å²) in [6.45, 7) is 8.50. The molecular formula is C25H39ClNO2+. The van der Waals surface area contributed by atoms with Crippen molar-refractivity contribution in [2.24, 2.45) is 0 Å². The maximum atomic E-state index is 12.5. The summed E-state index contributed by atoms with van der Waals surface area (Å²) in [5.41, 5.74) is 2.47. The van der Waals surface area contributed by atoms with E-state index < -0.39 is 0 Å². The van der Waals surface area contributed by atoms with Crippen LogP contribution in [0.15, 0.2) is 35.9 Å². The van der Waals surface area contributed by atoms with Gasteiger partial charge >= 0.3 is 5.97 Å². The van der Waals surface area contributed by atoms with Gasteiger partial charge in [0.25, 0.3) is 0 Å². The molecule has 0 radical (unpaired) electrons. The maximum absolute atomic E-state index is 12.5. The molecule has 0 aromatic heterocycles. The van der Waals surface area contributed by atoms with Crippen LogP contribution in [-0.4, -0.2) is 43.2 Å². The number of ether oxygens (including phenoxy) is 1. The third-order valence-corrected chi connectivity index (χ3v) is 6.36. The highest BCUT2D eigenvalue weighted by Crippen LogP contribution is 2.22. The Bertz CT molecular complexity index is 650. The normalized spacial score (nSPS) is 16.6. The van der Waals surface area contributed by atoms with E-state index in [2.05, 4.69) is 26.0 Å². The van der Waals surface area contributed by atoms with Crippen LogP contribution in [0.5, 0.6) is 0 Å². The number of likely N-dealkylation sites (tertiary alicyclic amines) is 1. The average Bonchev–Trinajstić information content (AvgIpc) is 2.71. The van der Waals surface area contributed by atoms with Crippen molar-refractivity contribution in [2.75, 3.05) is 32.8 Å². The average molecular weight is 421 g/mol. The van der Waals surface area contributed by atoms with Crippen LogP contribution >= 0.6 is 11.6 Å². The number of halogens is 1. The molecule has 0 bridgehead atoms. The molecule has 1 heterocycles. The summed E-state index contributed by atoms with van der Waals surface area (Å²) >= 11 is 6.31. The Morgan fingerprint density at radius 2 is 1.83 bits per heavy atom. The fourth-order valence-corrected chi connectivity index (χ4v) is 4.37. The Balaban J connectivity index is 1.86. The molecule has 162 valence electrons. The van der Waals surface area contributed by atoms with Crippen LogP contribution in [0.25, 0.3) is 0 Å². The second kappa shape index (κ2) is 13.1. The zero-order chi connectivity index (χ0) is 21.0. The Morgan fingerprint density at radius 1 is 1.10 bits per heavy atom. The molecule has 1 fully saturated rings. The zero-order valence-corrected chi connectivity index (χ0v) is 19.2. The molecule has 0 aliphatic carbocycles. The molecule has 4 heteroatoms. The monoisotopic (exact) mass is 420 g/mol. The second-order valence-corrected chi connectivity index (χ2v) is 9.05. The largest absolute Gasteiger partial charge is 0.462 e. The molecule has 0 unspecified atom stereocenters. The van der Waals surface area contributed by atoms with Crippen LogP contribution < -0.4 is 0 Å². The van der Waals surface area contributed by atoms with Crippen LogP contribution in [0, 0.1) is 0 Å². The fraction of sp³-hybridized carbons (Fsp3) is 0.640. The number of carbonyl (C=O) groups is 1. The summed E-state index contributed by atoms with van der Waals surface area (Å²) < 4.78 is 6.42. The van der Waals surface area contributed by atoms with Gasteiger partial charge in [-0.3, -0.25) is 0 Å². The van der Waals surface area contributed by atoms with Gasteiger partial charge in [0, 0.05) is 5.02 Å². The molecule has 1 aromatic rings. The SMILES string of the molecule is CCCCCCCOC(=O)C[N+]1(C/C=C(\C)Cc2ccccc2Cl)CCCCC1. The predicted octanol–water partition coefficient (Wildman–Crippen LogP) is 6.34. The van der Waals surface area contributed by atoms with E-state index in [1.165, 1.54) is 44.1 Å². The number of nitrogens with zero attached hydrogens (tertiary/aromatic N) is 1. The van der Waals surface area contributed by atoms with Gasteiger partial charge in [0.05, 0.1) is 26.2 Å². The standard InChI is InChI=1S/C25H39ClNO2/c1-3-4-5-6-12-19-29-25(28)21-27(16-10-7-11-17-27)18-15-22(2)20-23-13-8-9-14-24(23)26/h8-9,13-15H,3-7,10-12,16-21H2,1-2H3/q+1/b22-15+. The first kappa shape index (κ1) is 24.0. The number of unbranched alkanes of at least 4 members (excludes halogenated alkanes) is 4. The van der Waals surface area contributed by atoms with E-state index in [4.69, 9.17) is 16.3 Å². The smallest absolute Gasteiger partial charge is 0.361 e. The highest BCUT2D eigenvalue weighted by atomic mass is 35.5. The van der Waals surface area contributed by atoms with Crippen molar-refractivity contribution in [3.63, 3.8) is 0 Å². The summed E-state index contributed by atoms with van der Waals surface area (Å²) in [7, 11) is 0. The number of piperidine rings is 1. The molecule has 0 spiro atoms. The van der Waals surface area contributed by atoms with Crippen molar-refractivity contribution in [1.29, 1.82) is 0 Å². The minimum absolute atomic E-state index is 0.0282. The van der Waals surface area contributed by atoms with Crippen molar-refractivity contribution in [1.82, 2.24) is 0 Å². The first-order chi connectivity index (χ1) is 14.0. The lowest BCUT2D eigenvalue weighted by Gasteiger charge is -2.40. The lowest BCUT2D eigenvalue weighted by molar-refractivity contribution is -0.920. The Labute approximate surface area is 182 Å². The topological polar surface area (TPSA) is 26.3 Å². The number of quaternary nitrogens is 1. The summed E-state index contributed by atoms with van der Waals surface area (Å²) in [5, 5.41) is 0.824. The van der Waals surface area contributed by atoms with Gasteiger partial charge in [-0.05, 0) is 56.7 Å². The van der Waals surface area contributed by atoms with Crippen molar-refractivity contribution >= 4 is 17.6 Å². The van der Waals surface area contributed by atoms with E-state index in [0.29, 0.717) is 13.2 Å². The van der Waals surface area contributed by atoms with Gasteiger partial charge < -0.3 is 9.22 Å². The minimum atomic E-state index is -0.0282. The summed E-state index contributed by atoms with van der Waals surface area (Å²) in [6.07, 6.45) is 12.7. The van der Waals surface area contributed by atoms with Crippen molar-refractivity contribution in [3.8, 4) is 0 Å². The molecule has 1 saturated heterocycles. The van der Waals surface area contributed by atoms with Gasteiger partial charge in [-0.15, -0.1) is 0 Å². The number of hydrogen-bond donors (Lipinski definition) is 0. The fourth-order valence-electron chi connectivity index (χ4n) is 4.16. The van der Waals surface area contributed by atoms with Crippen molar-refractivity contribution < 1.29 is 14.0 Å². The molecule has 29 heavy (non-hydrogen) atoms. The van der Waals surface area contributed by atoms with Gasteiger partial charge in [-0.1, -0.05) is 68.0 Å². The molecule has 1 aliphatic heterocycles. The molecule has 0 saturated carbocycles. The molecular weight excluding hydrogens is 382 g/mol. The lowest BCUT2D eigenvalue weighted by Crippen LogP contribution is -2.54. The van der Waals surface area contributed by atoms with E-state index in [1.807, 2.05) is 18.2 Å². The first-order valence-electron chi connectivity index (χ1n) is 11.4. The Kier molecular flexibility index (Phi) is 10.8. The van der Waals surface area contributed by atoms with Gasteiger partial charge in [0.1, 0.15) is 0 Å². The molecule has 1 aromatic carbocycles. The van der Waals surface area contributed by atoms with E-state index in [9.17, 15) is 4.79 Å². The number of carbonyl (C=O) groups excluding carboxylic acids is 1. The van der Waals surface area contributed by atoms with Gasteiger partial charge in [0.15, 0.2) is 6.54 Å². The predicted molar refractivity (Wildman–Crippen MR) is 122 cm³/mol. The molecule has 0 amide bonds.